The molecular weight excluding hydrogens is 374 g/mol. The number of hydrogen-bond donors (Lipinski definition) is 1. The highest BCUT2D eigenvalue weighted by Gasteiger charge is 2.32. The van der Waals surface area contributed by atoms with Crippen molar-refractivity contribution in [3.63, 3.8) is 0 Å². The van der Waals surface area contributed by atoms with Gasteiger partial charge in [-0.15, -0.1) is 11.3 Å². The zero-order chi connectivity index (χ0) is 19.5. The molecule has 0 unspecified atom stereocenters. The number of amides is 1. The quantitative estimate of drug-likeness (QED) is 0.787. The summed E-state index contributed by atoms with van der Waals surface area (Å²) in [7, 11) is 1.45. The maximum absolute atomic E-state index is 12.9. The average molecular weight is 403 g/mol. The van der Waals surface area contributed by atoms with Gasteiger partial charge in [-0.2, -0.15) is 0 Å². The van der Waals surface area contributed by atoms with Gasteiger partial charge in [-0.25, -0.2) is 4.98 Å². The van der Waals surface area contributed by atoms with E-state index in [1.807, 2.05) is 17.0 Å². The fourth-order valence-corrected chi connectivity index (χ4v) is 5.49. The summed E-state index contributed by atoms with van der Waals surface area (Å²) in [6.07, 6.45) is 3.75. The van der Waals surface area contributed by atoms with Crippen LogP contribution in [0.15, 0.2) is 24.3 Å². The van der Waals surface area contributed by atoms with E-state index in [1.165, 1.54) is 16.7 Å². The molecule has 0 bridgehead atoms. The summed E-state index contributed by atoms with van der Waals surface area (Å²) in [5.41, 5.74) is 1.06. The van der Waals surface area contributed by atoms with Crippen LogP contribution in [-0.2, 0) is 14.3 Å². The lowest BCUT2D eigenvalue weighted by atomic mass is 9.96. The number of quaternary nitrogens is 1. The molecule has 1 amide bonds. The van der Waals surface area contributed by atoms with Crippen molar-refractivity contribution in [2.75, 3.05) is 39.8 Å². The second kappa shape index (κ2) is 8.57. The average Bonchev–Trinajstić information content (AvgIpc) is 3.18. The van der Waals surface area contributed by atoms with E-state index in [0.29, 0.717) is 12.5 Å². The number of hydrogen-bond acceptors (Lipinski definition) is 5. The highest BCUT2D eigenvalue weighted by Crippen LogP contribution is 2.32. The molecule has 0 aliphatic carbocycles. The third kappa shape index (κ3) is 4.20. The molecular formula is C21H28N3O3S+. The number of carbonyl (C=O) groups is 2. The molecule has 1 aromatic heterocycles. The smallest absolute Gasteiger partial charge is 0.309 e. The SMILES string of the molecule is COC(=O)C1CC[NH+](CC(=O)N2CCC[C@H](c3nc4ccccc4s3)C2)CC1. The number of methoxy groups -OCH3 is 1. The minimum Gasteiger partial charge on any atom is -0.469 e. The number of rotatable bonds is 4. The predicted molar refractivity (Wildman–Crippen MR) is 108 cm³/mol. The van der Waals surface area contributed by atoms with Crippen LogP contribution in [0.2, 0.25) is 0 Å². The Morgan fingerprint density at radius 1 is 1.25 bits per heavy atom. The van der Waals surface area contributed by atoms with Crippen molar-refractivity contribution in [3.05, 3.63) is 29.3 Å². The second-order valence-corrected chi connectivity index (χ2v) is 8.99. The third-order valence-electron chi connectivity index (χ3n) is 6.06. The van der Waals surface area contributed by atoms with Gasteiger partial charge in [-0.1, -0.05) is 12.1 Å². The number of carbonyl (C=O) groups excluding carboxylic acids is 2. The molecule has 150 valence electrons. The van der Waals surface area contributed by atoms with Crippen molar-refractivity contribution in [3.8, 4) is 0 Å². The number of ether oxygens (including phenoxy) is 1. The van der Waals surface area contributed by atoms with Crippen molar-refractivity contribution < 1.29 is 19.2 Å². The number of nitrogens with zero attached hydrogens (tertiary/aromatic N) is 2. The molecule has 4 rings (SSSR count). The summed E-state index contributed by atoms with van der Waals surface area (Å²) >= 11 is 1.76. The molecule has 2 aliphatic rings. The maximum Gasteiger partial charge on any atom is 0.309 e. The molecule has 1 N–H and O–H groups in total. The van der Waals surface area contributed by atoms with Crippen LogP contribution in [0.25, 0.3) is 10.2 Å². The van der Waals surface area contributed by atoms with Crippen molar-refractivity contribution in [2.45, 2.75) is 31.6 Å². The minimum atomic E-state index is -0.111. The van der Waals surface area contributed by atoms with Crippen molar-refractivity contribution in [1.29, 1.82) is 0 Å². The number of thiazole rings is 1. The fourth-order valence-electron chi connectivity index (χ4n) is 4.40. The Morgan fingerprint density at radius 2 is 2.04 bits per heavy atom. The molecule has 1 atom stereocenters. The van der Waals surface area contributed by atoms with Crippen LogP contribution in [0.1, 0.15) is 36.6 Å². The Bertz CT molecular complexity index is 811. The summed E-state index contributed by atoms with van der Waals surface area (Å²) in [4.78, 5) is 32.7. The van der Waals surface area contributed by atoms with Gasteiger partial charge >= 0.3 is 5.97 Å². The fraction of sp³-hybridized carbons (Fsp3) is 0.571. The Morgan fingerprint density at radius 3 is 2.79 bits per heavy atom. The lowest BCUT2D eigenvalue weighted by Crippen LogP contribution is -3.14. The summed E-state index contributed by atoms with van der Waals surface area (Å²) in [6, 6.07) is 8.24. The summed E-state index contributed by atoms with van der Waals surface area (Å²) in [6.45, 7) is 3.87. The van der Waals surface area contributed by atoms with Gasteiger partial charge < -0.3 is 14.5 Å². The maximum atomic E-state index is 12.9. The van der Waals surface area contributed by atoms with E-state index in [-0.39, 0.29) is 17.8 Å². The molecule has 1 aromatic carbocycles. The molecule has 0 saturated carbocycles. The van der Waals surface area contributed by atoms with E-state index in [4.69, 9.17) is 9.72 Å². The summed E-state index contributed by atoms with van der Waals surface area (Å²) in [5, 5.41) is 1.16. The molecule has 3 heterocycles. The first kappa shape index (κ1) is 19.3. The van der Waals surface area contributed by atoms with E-state index in [1.54, 1.807) is 11.3 Å². The standard InChI is InChI=1S/C21H27N3O3S/c1-27-21(26)15-8-11-23(12-9-15)14-19(25)24-10-4-5-16(13-24)20-22-17-6-2-3-7-18(17)28-20/h2-3,6-7,15-16H,4-5,8-14H2,1H3/p+1/t16-/m0/s1. The first-order chi connectivity index (χ1) is 13.6. The first-order valence-electron chi connectivity index (χ1n) is 10.2. The number of likely N-dealkylation sites (tertiary alicyclic amines) is 2. The number of para-hydroxylation sites is 1. The molecule has 0 spiro atoms. The van der Waals surface area contributed by atoms with Gasteiger partial charge in [-0.3, -0.25) is 9.59 Å². The second-order valence-electron chi connectivity index (χ2n) is 7.92. The number of esters is 1. The summed E-state index contributed by atoms with van der Waals surface area (Å²) < 4.78 is 6.07. The number of piperidine rings is 2. The molecule has 7 heteroatoms. The molecule has 2 fully saturated rings. The monoisotopic (exact) mass is 402 g/mol. The predicted octanol–water partition coefficient (Wildman–Crippen LogP) is 1.47. The van der Waals surface area contributed by atoms with Gasteiger partial charge in [0.15, 0.2) is 6.54 Å². The molecule has 2 saturated heterocycles. The number of benzene rings is 1. The van der Waals surface area contributed by atoms with Crippen LogP contribution in [0, 0.1) is 5.92 Å². The minimum absolute atomic E-state index is 0.00209. The van der Waals surface area contributed by atoms with Gasteiger partial charge in [0.2, 0.25) is 0 Å². The van der Waals surface area contributed by atoms with Gasteiger partial charge in [0, 0.05) is 31.8 Å². The first-order valence-corrected chi connectivity index (χ1v) is 11.0. The van der Waals surface area contributed by atoms with E-state index in [0.717, 1.165) is 62.4 Å². The lowest BCUT2D eigenvalue weighted by Gasteiger charge is -2.34. The molecule has 6 nitrogen and oxygen atoms in total. The number of fused-ring (bicyclic) bond motifs is 1. The Labute approximate surface area is 169 Å². The lowest BCUT2D eigenvalue weighted by molar-refractivity contribution is -0.898. The highest BCUT2D eigenvalue weighted by atomic mass is 32.1. The van der Waals surface area contributed by atoms with Crippen molar-refractivity contribution in [1.82, 2.24) is 9.88 Å². The largest absolute Gasteiger partial charge is 0.469 e. The number of aromatic nitrogens is 1. The van der Waals surface area contributed by atoms with Crippen LogP contribution >= 0.6 is 11.3 Å². The number of nitrogens with one attached hydrogen (secondary N) is 1. The summed E-state index contributed by atoms with van der Waals surface area (Å²) in [5.74, 6) is 0.467. The Kier molecular flexibility index (Phi) is 5.92. The van der Waals surface area contributed by atoms with Crippen molar-refractivity contribution in [2.24, 2.45) is 5.92 Å². The zero-order valence-electron chi connectivity index (χ0n) is 16.4. The van der Waals surface area contributed by atoms with E-state index in [9.17, 15) is 9.59 Å². The van der Waals surface area contributed by atoms with Crippen LogP contribution in [0.4, 0.5) is 0 Å². The molecule has 2 aliphatic heterocycles. The van der Waals surface area contributed by atoms with Crippen LogP contribution in [-0.4, -0.2) is 61.6 Å². The topological polar surface area (TPSA) is 63.9 Å². The van der Waals surface area contributed by atoms with Gasteiger partial charge in [0.1, 0.15) is 0 Å². The van der Waals surface area contributed by atoms with Gasteiger partial charge in [-0.05, 0) is 25.0 Å². The molecule has 2 aromatic rings. The zero-order valence-corrected chi connectivity index (χ0v) is 17.2. The van der Waals surface area contributed by atoms with Crippen LogP contribution in [0.5, 0.6) is 0 Å². The normalized spacial score (nSPS) is 25.6. The van der Waals surface area contributed by atoms with Crippen LogP contribution in [0.3, 0.4) is 0 Å². The van der Waals surface area contributed by atoms with Crippen molar-refractivity contribution >= 4 is 33.4 Å². The Balaban J connectivity index is 1.33. The van der Waals surface area contributed by atoms with Gasteiger partial charge in [0.05, 0.1) is 41.3 Å². The highest BCUT2D eigenvalue weighted by molar-refractivity contribution is 7.18. The molecule has 0 radical (unpaired) electrons. The van der Waals surface area contributed by atoms with Gasteiger partial charge in [0.25, 0.3) is 5.91 Å². The van der Waals surface area contributed by atoms with E-state index in [2.05, 4.69) is 12.1 Å². The molecule has 28 heavy (non-hydrogen) atoms. The van der Waals surface area contributed by atoms with Crippen LogP contribution < -0.4 is 4.90 Å². The Hall–Kier alpha value is -1.99. The third-order valence-corrected chi connectivity index (χ3v) is 7.26. The van der Waals surface area contributed by atoms with E-state index >= 15 is 0 Å². The van der Waals surface area contributed by atoms with E-state index < -0.39 is 0 Å².